The predicted octanol–water partition coefficient (Wildman–Crippen LogP) is 1.95. The van der Waals surface area contributed by atoms with Crippen molar-refractivity contribution in [3.8, 4) is 0 Å². The third kappa shape index (κ3) is 3.01. The van der Waals surface area contributed by atoms with E-state index in [1.165, 1.54) is 0 Å². The van der Waals surface area contributed by atoms with Crippen LogP contribution in [0.1, 0.15) is 26.0 Å². The van der Waals surface area contributed by atoms with Crippen LogP contribution in [-0.2, 0) is 4.79 Å². The molecule has 0 aliphatic carbocycles. The van der Waals surface area contributed by atoms with Crippen molar-refractivity contribution >= 4 is 17.3 Å². The minimum absolute atomic E-state index is 0.292. The molecule has 1 atom stereocenters. The first kappa shape index (κ1) is 13.3. The highest BCUT2D eigenvalue weighted by Gasteiger charge is 2.20. The summed E-state index contributed by atoms with van der Waals surface area (Å²) in [6.45, 7) is 5.88. The number of nitrogens with one attached hydrogen (secondary N) is 1. The molecular formula is C13H18N4O2. The largest absolute Gasteiger partial charge is 0.480 e. The number of anilines is 1. The molecule has 19 heavy (non-hydrogen) atoms. The van der Waals surface area contributed by atoms with E-state index in [0.717, 1.165) is 11.2 Å². The van der Waals surface area contributed by atoms with Crippen LogP contribution in [0.4, 0.5) is 5.82 Å². The Hall–Kier alpha value is -2.11. The van der Waals surface area contributed by atoms with Crippen molar-refractivity contribution in [2.24, 2.45) is 5.92 Å². The molecule has 2 rings (SSSR count). The number of aromatic nitrogens is 3. The van der Waals surface area contributed by atoms with Crippen LogP contribution in [0.25, 0.3) is 5.52 Å². The van der Waals surface area contributed by atoms with Crippen LogP contribution in [0.2, 0.25) is 0 Å². The fourth-order valence-electron chi connectivity index (χ4n) is 2.01. The van der Waals surface area contributed by atoms with Crippen LogP contribution in [0.15, 0.2) is 18.5 Å². The van der Waals surface area contributed by atoms with Gasteiger partial charge in [0.05, 0.1) is 5.69 Å². The molecule has 2 aromatic heterocycles. The lowest BCUT2D eigenvalue weighted by molar-refractivity contribution is -0.138. The van der Waals surface area contributed by atoms with Crippen molar-refractivity contribution in [2.75, 3.05) is 5.32 Å². The van der Waals surface area contributed by atoms with Crippen molar-refractivity contribution < 1.29 is 9.90 Å². The Morgan fingerprint density at radius 2 is 2.26 bits per heavy atom. The van der Waals surface area contributed by atoms with Gasteiger partial charge in [0.15, 0.2) is 5.82 Å². The zero-order chi connectivity index (χ0) is 14.0. The molecule has 0 aliphatic rings. The zero-order valence-corrected chi connectivity index (χ0v) is 11.3. The van der Waals surface area contributed by atoms with Gasteiger partial charge in [-0.3, -0.25) is 0 Å². The molecular weight excluding hydrogens is 244 g/mol. The van der Waals surface area contributed by atoms with E-state index in [1.54, 1.807) is 16.9 Å². The smallest absolute Gasteiger partial charge is 0.326 e. The summed E-state index contributed by atoms with van der Waals surface area (Å²) in [5.41, 5.74) is 1.65. The van der Waals surface area contributed by atoms with Gasteiger partial charge in [-0.05, 0) is 25.3 Å². The van der Waals surface area contributed by atoms with Gasteiger partial charge in [0.25, 0.3) is 0 Å². The number of carboxylic acid groups (broad SMARTS) is 1. The van der Waals surface area contributed by atoms with E-state index in [0.29, 0.717) is 18.2 Å². The highest BCUT2D eigenvalue weighted by atomic mass is 16.4. The number of carboxylic acids is 1. The van der Waals surface area contributed by atoms with Crippen molar-refractivity contribution in [2.45, 2.75) is 33.2 Å². The standard InChI is InChI=1S/C13H18N4O2/c1-8(2)6-10(13(18)19)15-12-11-7-9(3)16-17(11)5-4-14-12/h4-5,7-8,10H,6H2,1-3H3,(H,14,15)(H,18,19)/t10-/m1/s1. The molecule has 0 spiro atoms. The first-order chi connectivity index (χ1) is 8.97. The highest BCUT2D eigenvalue weighted by Crippen LogP contribution is 2.17. The van der Waals surface area contributed by atoms with Crippen molar-refractivity contribution in [3.63, 3.8) is 0 Å². The molecule has 0 amide bonds. The van der Waals surface area contributed by atoms with Crippen molar-refractivity contribution in [3.05, 3.63) is 24.2 Å². The molecule has 0 fully saturated rings. The Morgan fingerprint density at radius 3 is 2.89 bits per heavy atom. The molecule has 6 heteroatoms. The Labute approximate surface area is 111 Å². The second-order valence-electron chi connectivity index (χ2n) is 5.06. The van der Waals surface area contributed by atoms with E-state index < -0.39 is 12.0 Å². The number of rotatable bonds is 5. The Bertz CT molecular complexity index is 591. The molecule has 0 bridgehead atoms. The minimum atomic E-state index is -0.867. The maximum absolute atomic E-state index is 11.3. The van der Waals surface area contributed by atoms with Gasteiger partial charge in [-0.2, -0.15) is 5.10 Å². The van der Waals surface area contributed by atoms with Gasteiger partial charge in [0, 0.05) is 12.4 Å². The molecule has 2 N–H and O–H groups in total. The molecule has 2 heterocycles. The third-order valence-corrected chi connectivity index (χ3v) is 2.83. The van der Waals surface area contributed by atoms with Gasteiger partial charge < -0.3 is 10.4 Å². The van der Waals surface area contributed by atoms with E-state index in [9.17, 15) is 9.90 Å². The Morgan fingerprint density at radius 1 is 1.53 bits per heavy atom. The predicted molar refractivity (Wildman–Crippen MR) is 72.2 cm³/mol. The molecule has 6 nitrogen and oxygen atoms in total. The fourth-order valence-corrected chi connectivity index (χ4v) is 2.01. The normalized spacial score (nSPS) is 12.8. The van der Waals surface area contributed by atoms with Gasteiger partial charge in [-0.25, -0.2) is 14.3 Å². The van der Waals surface area contributed by atoms with Gasteiger partial charge >= 0.3 is 5.97 Å². The van der Waals surface area contributed by atoms with Crippen LogP contribution in [0, 0.1) is 12.8 Å². The molecule has 0 saturated carbocycles. The first-order valence-corrected chi connectivity index (χ1v) is 6.27. The summed E-state index contributed by atoms with van der Waals surface area (Å²) in [4.78, 5) is 15.5. The average Bonchev–Trinajstić information content (AvgIpc) is 2.68. The lowest BCUT2D eigenvalue weighted by atomic mass is 10.0. The lowest BCUT2D eigenvalue weighted by Crippen LogP contribution is -2.31. The number of nitrogens with zero attached hydrogens (tertiary/aromatic N) is 3. The number of hydrogen-bond donors (Lipinski definition) is 2. The molecule has 0 unspecified atom stereocenters. The Balaban J connectivity index is 2.30. The van der Waals surface area contributed by atoms with Gasteiger partial charge in [0.2, 0.25) is 0 Å². The molecule has 0 radical (unpaired) electrons. The lowest BCUT2D eigenvalue weighted by Gasteiger charge is -2.17. The van der Waals surface area contributed by atoms with Gasteiger partial charge in [-0.1, -0.05) is 13.8 Å². The van der Waals surface area contributed by atoms with E-state index in [1.807, 2.05) is 26.8 Å². The SMILES string of the molecule is Cc1cc2c(N[C@H](CC(C)C)C(=O)O)nccn2n1. The van der Waals surface area contributed by atoms with Crippen LogP contribution in [-0.4, -0.2) is 31.7 Å². The zero-order valence-electron chi connectivity index (χ0n) is 11.3. The van der Waals surface area contributed by atoms with Crippen molar-refractivity contribution in [1.82, 2.24) is 14.6 Å². The maximum Gasteiger partial charge on any atom is 0.326 e. The molecule has 2 aromatic rings. The number of hydrogen-bond acceptors (Lipinski definition) is 4. The minimum Gasteiger partial charge on any atom is -0.480 e. The Kier molecular flexibility index (Phi) is 3.69. The van der Waals surface area contributed by atoms with Crippen molar-refractivity contribution in [1.29, 1.82) is 0 Å². The van der Waals surface area contributed by atoms with Crippen LogP contribution >= 0.6 is 0 Å². The second kappa shape index (κ2) is 5.26. The van der Waals surface area contributed by atoms with E-state index >= 15 is 0 Å². The first-order valence-electron chi connectivity index (χ1n) is 6.27. The van der Waals surface area contributed by atoms with E-state index in [2.05, 4.69) is 15.4 Å². The van der Waals surface area contributed by atoms with E-state index in [-0.39, 0.29) is 0 Å². The fraction of sp³-hybridized carbons (Fsp3) is 0.462. The van der Waals surface area contributed by atoms with Crippen LogP contribution in [0.5, 0.6) is 0 Å². The van der Waals surface area contributed by atoms with Gasteiger partial charge in [0.1, 0.15) is 11.6 Å². The number of aryl methyl sites for hydroxylation is 1. The second-order valence-corrected chi connectivity index (χ2v) is 5.06. The summed E-state index contributed by atoms with van der Waals surface area (Å²) in [5.74, 6) is -0.0233. The van der Waals surface area contributed by atoms with Crippen LogP contribution < -0.4 is 5.32 Å². The summed E-state index contributed by atoms with van der Waals surface area (Å²) in [6, 6.07) is 1.23. The maximum atomic E-state index is 11.3. The summed E-state index contributed by atoms with van der Waals surface area (Å²) in [6.07, 6.45) is 3.90. The van der Waals surface area contributed by atoms with Gasteiger partial charge in [-0.15, -0.1) is 0 Å². The number of carbonyl (C=O) groups is 1. The summed E-state index contributed by atoms with van der Waals surface area (Å²) in [7, 11) is 0. The topological polar surface area (TPSA) is 79.5 Å². The van der Waals surface area contributed by atoms with Crippen LogP contribution in [0.3, 0.4) is 0 Å². The molecule has 102 valence electrons. The summed E-state index contributed by atoms with van der Waals surface area (Å²) >= 11 is 0. The monoisotopic (exact) mass is 262 g/mol. The van der Waals surface area contributed by atoms with E-state index in [4.69, 9.17) is 0 Å². The molecule has 0 aromatic carbocycles. The quantitative estimate of drug-likeness (QED) is 0.861. The molecule has 0 saturated heterocycles. The summed E-state index contributed by atoms with van der Waals surface area (Å²) < 4.78 is 1.69. The average molecular weight is 262 g/mol. The number of aliphatic carboxylic acids is 1. The highest BCUT2D eigenvalue weighted by molar-refractivity contribution is 5.79. The third-order valence-electron chi connectivity index (χ3n) is 2.83. The number of fused-ring (bicyclic) bond motifs is 1. The summed E-state index contributed by atoms with van der Waals surface area (Å²) in [5, 5.41) is 16.5. The molecule has 0 aliphatic heterocycles.